The zero-order chi connectivity index (χ0) is 14.4. The number of rotatable bonds is 7. The van der Waals surface area contributed by atoms with Gasteiger partial charge in [0, 0.05) is 44.0 Å². The molecule has 4 nitrogen and oxygen atoms in total. The second-order valence-electron chi connectivity index (χ2n) is 5.17. The Labute approximate surface area is 132 Å². The van der Waals surface area contributed by atoms with Crippen LogP contribution in [0.25, 0.3) is 0 Å². The number of hydrogen-bond donors (Lipinski definition) is 1. The molecule has 0 saturated carbocycles. The van der Waals surface area contributed by atoms with Gasteiger partial charge in [0.25, 0.3) is 0 Å². The van der Waals surface area contributed by atoms with Crippen molar-refractivity contribution in [1.82, 2.24) is 9.80 Å². The summed E-state index contributed by atoms with van der Waals surface area (Å²) in [6, 6.07) is 4.30. The summed E-state index contributed by atoms with van der Waals surface area (Å²) in [5.41, 5.74) is 0. The van der Waals surface area contributed by atoms with Gasteiger partial charge in [0.05, 0.1) is 3.79 Å². The molecule has 0 aliphatic carbocycles. The summed E-state index contributed by atoms with van der Waals surface area (Å²) in [6.07, 6.45) is 2.08. The summed E-state index contributed by atoms with van der Waals surface area (Å²) >= 11 is 5.31. The Balaban J connectivity index is 1.61. The van der Waals surface area contributed by atoms with E-state index in [-0.39, 0.29) is 0 Å². The maximum Gasteiger partial charge on any atom is 0.303 e. The zero-order valence-electron chi connectivity index (χ0n) is 11.6. The van der Waals surface area contributed by atoms with E-state index in [1.807, 2.05) is 11.3 Å². The van der Waals surface area contributed by atoms with Gasteiger partial charge < -0.3 is 10.0 Å². The molecule has 0 radical (unpaired) electrons. The highest BCUT2D eigenvalue weighted by molar-refractivity contribution is 9.11. The van der Waals surface area contributed by atoms with Crippen molar-refractivity contribution in [3.8, 4) is 0 Å². The normalized spacial score (nSPS) is 17.4. The molecule has 0 bridgehead atoms. The number of thiophene rings is 1. The van der Waals surface area contributed by atoms with Crippen LogP contribution in [0.2, 0.25) is 0 Å². The van der Waals surface area contributed by atoms with Crippen LogP contribution in [-0.2, 0) is 11.3 Å². The van der Waals surface area contributed by atoms with Gasteiger partial charge in [-0.3, -0.25) is 9.69 Å². The van der Waals surface area contributed by atoms with Crippen LogP contribution in [-0.4, -0.2) is 53.6 Å². The van der Waals surface area contributed by atoms with Gasteiger partial charge in [-0.15, -0.1) is 11.3 Å². The summed E-state index contributed by atoms with van der Waals surface area (Å²) in [4.78, 5) is 16.8. The van der Waals surface area contributed by atoms with Gasteiger partial charge in [-0.05, 0) is 47.4 Å². The van der Waals surface area contributed by atoms with Crippen molar-refractivity contribution >= 4 is 33.2 Å². The molecule has 1 N–H and O–H groups in total. The van der Waals surface area contributed by atoms with Crippen molar-refractivity contribution < 1.29 is 9.90 Å². The van der Waals surface area contributed by atoms with E-state index in [0.29, 0.717) is 6.42 Å². The summed E-state index contributed by atoms with van der Waals surface area (Å²) in [5, 5.41) is 8.60. The van der Waals surface area contributed by atoms with E-state index < -0.39 is 5.97 Å². The Kier molecular flexibility index (Phi) is 6.48. The number of nitrogens with zero attached hydrogens (tertiary/aromatic N) is 2. The van der Waals surface area contributed by atoms with Gasteiger partial charge >= 0.3 is 5.97 Å². The van der Waals surface area contributed by atoms with Crippen LogP contribution in [0, 0.1) is 0 Å². The molecule has 1 aliphatic heterocycles. The Morgan fingerprint density at radius 1 is 1.20 bits per heavy atom. The standard InChI is InChI=1S/C14H21BrN2O2S/c15-13-5-4-12(20-13)11-17-9-7-16(8-10-17)6-2-1-3-14(18)19/h4-5H,1-3,6-11H2,(H,18,19). The number of hydrogen-bond acceptors (Lipinski definition) is 4. The Bertz CT molecular complexity index is 431. The molecule has 6 heteroatoms. The van der Waals surface area contributed by atoms with Crippen molar-refractivity contribution in [2.45, 2.75) is 25.8 Å². The van der Waals surface area contributed by atoms with Crippen LogP contribution in [0.1, 0.15) is 24.1 Å². The minimum atomic E-state index is -0.683. The Hall–Kier alpha value is -0.430. The third kappa shape index (κ3) is 5.52. The number of piperazine rings is 1. The van der Waals surface area contributed by atoms with E-state index in [9.17, 15) is 4.79 Å². The number of halogens is 1. The molecule has 0 amide bonds. The molecule has 1 aliphatic rings. The maximum absolute atomic E-state index is 10.4. The van der Waals surface area contributed by atoms with Crippen molar-refractivity contribution in [2.24, 2.45) is 0 Å². The third-order valence-corrected chi connectivity index (χ3v) is 5.20. The molecule has 1 fully saturated rings. The smallest absolute Gasteiger partial charge is 0.303 e. The summed E-state index contributed by atoms with van der Waals surface area (Å²) in [7, 11) is 0. The molecular weight excluding hydrogens is 340 g/mol. The Morgan fingerprint density at radius 2 is 1.90 bits per heavy atom. The second kappa shape index (κ2) is 8.12. The predicted molar refractivity (Wildman–Crippen MR) is 85.2 cm³/mol. The molecule has 1 saturated heterocycles. The average molecular weight is 361 g/mol. The number of aliphatic carboxylic acids is 1. The molecular formula is C14H21BrN2O2S. The van der Waals surface area contributed by atoms with Crippen molar-refractivity contribution in [1.29, 1.82) is 0 Å². The largest absolute Gasteiger partial charge is 0.481 e. The molecule has 20 heavy (non-hydrogen) atoms. The molecule has 0 atom stereocenters. The van der Waals surface area contributed by atoms with Crippen molar-refractivity contribution in [3.63, 3.8) is 0 Å². The summed E-state index contributed by atoms with van der Waals surface area (Å²) in [6.45, 7) is 6.48. The van der Waals surface area contributed by atoms with Gasteiger partial charge in [0.1, 0.15) is 0 Å². The van der Waals surface area contributed by atoms with E-state index >= 15 is 0 Å². The van der Waals surface area contributed by atoms with Crippen molar-refractivity contribution in [2.75, 3.05) is 32.7 Å². The number of carbonyl (C=O) groups is 1. The predicted octanol–water partition coefficient (Wildman–Crippen LogP) is 2.88. The molecule has 2 rings (SSSR count). The lowest BCUT2D eigenvalue weighted by Gasteiger charge is -2.34. The molecule has 1 aromatic rings. The fourth-order valence-electron chi connectivity index (χ4n) is 2.44. The minimum Gasteiger partial charge on any atom is -0.481 e. The SMILES string of the molecule is O=C(O)CCCCN1CCN(Cc2ccc(Br)s2)CC1. The van der Waals surface area contributed by atoms with E-state index in [4.69, 9.17) is 5.11 Å². The molecule has 0 aromatic carbocycles. The minimum absolute atomic E-state index is 0.299. The van der Waals surface area contributed by atoms with Crippen LogP contribution in [0.4, 0.5) is 0 Å². The average Bonchev–Trinajstić information content (AvgIpc) is 2.82. The number of carboxylic acids is 1. The molecule has 1 aromatic heterocycles. The summed E-state index contributed by atoms with van der Waals surface area (Å²) in [5.74, 6) is -0.683. The number of carboxylic acid groups (broad SMARTS) is 1. The lowest BCUT2D eigenvalue weighted by molar-refractivity contribution is -0.137. The van der Waals surface area contributed by atoms with Crippen LogP contribution >= 0.6 is 27.3 Å². The lowest BCUT2D eigenvalue weighted by Crippen LogP contribution is -2.45. The van der Waals surface area contributed by atoms with E-state index in [0.717, 1.165) is 52.1 Å². The fraction of sp³-hybridized carbons (Fsp3) is 0.643. The Morgan fingerprint density at radius 3 is 2.50 bits per heavy atom. The fourth-order valence-corrected chi connectivity index (χ4v) is 3.97. The van der Waals surface area contributed by atoms with E-state index in [1.54, 1.807) is 0 Å². The quantitative estimate of drug-likeness (QED) is 0.759. The third-order valence-electron chi connectivity index (χ3n) is 3.59. The first-order valence-electron chi connectivity index (χ1n) is 7.04. The molecule has 0 spiro atoms. The summed E-state index contributed by atoms with van der Waals surface area (Å²) < 4.78 is 1.20. The topological polar surface area (TPSA) is 43.8 Å². The highest BCUT2D eigenvalue weighted by Gasteiger charge is 2.17. The number of unbranched alkanes of at least 4 members (excludes halogenated alkanes) is 1. The highest BCUT2D eigenvalue weighted by atomic mass is 79.9. The first-order chi connectivity index (χ1) is 9.63. The van der Waals surface area contributed by atoms with Gasteiger partial charge in [0.2, 0.25) is 0 Å². The van der Waals surface area contributed by atoms with E-state index in [1.165, 1.54) is 8.66 Å². The first kappa shape index (κ1) is 15.9. The zero-order valence-corrected chi connectivity index (χ0v) is 14.0. The maximum atomic E-state index is 10.4. The second-order valence-corrected chi connectivity index (χ2v) is 7.72. The molecule has 2 heterocycles. The van der Waals surface area contributed by atoms with Crippen LogP contribution in [0.15, 0.2) is 15.9 Å². The molecule has 112 valence electrons. The van der Waals surface area contributed by atoms with E-state index in [2.05, 4.69) is 37.9 Å². The first-order valence-corrected chi connectivity index (χ1v) is 8.65. The monoisotopic (exact) mass is 360 g/mol. The van der Waals surface area contributed by atoms with Crippen molar-refractivity contribution in [3.05, 3.63) is 20.8 Å². The van der Waals surface area contributed by atoms with Gasteiger partial charge in [-0.2, -0.15) is 0 Å². The van der Waals surface area contributed by atoms with Gasteiger partial charge in [-0.25, -0.2) is 0 Å². The van der Waals surface area contributed by atoms with Gasteiger partial charge in [0.15, 0.2) is 0 Å². The van der Waals surface area contributed by atoms with Gasteiger partial charge in [-0.1, -0.05) is 0 Å². The lowest BCUT2D eigenvalue weighted by atomic mass is 10.2. The van der Waals surface area contributed by atoms with Crippen LogP contribution in [0.3, 0.4) is 0 Å². The van der Waals surface area contributed by atoms with Crippen LogP contribution < -0.4 is 0 Å². The highest BCUT2D eigenvalue weighted by Crippen LogP contribution is 2.23. The molecule has 0 unspecified atom stereocenters. The van der Waals surface area contributed by atoms with Crippen LogP contribution in [0.5, 0.6) is 0 Å².